The van der Waals surface area contributed by atoms with Crippen molar-refractivity contribution >= 4 is 5.65 Å². The summed E-state index contributed by atoms with van der Waals surface area (Å²) in [5.41, 5.74) is 2.11. The van der Waals surface area contributed by atoms with Crippen LogP contribution in [0.25, 0.3) is 5.65 Å². The number of fused-ring (bicyclic) bond motifs is 1. The number of hydrogen-bond donors (Lipinski definition) is 0. The van der Waals surface area contributed by atoms with Crippen molar-refractivity contribution in [2.75, 3.05) is 0 Å². The van der Waals surface area contributed by atoms with Gasteiger partial charge >= 0.3 is 0 Å². The molecule has 0 aliphatic heterocycles. The molecule has 1 radical (unpaired) electrons. The van der Waals surface area contributed by atoms with Crippen molar-refractivity contribution in [2.45, 2.75) is 13.3 Å². The first-order chi connectivity index (χ1) is 5.40. The van der Waals surface area contributed by atoms with Gasteiger partial charge < -0.3 is 4.40 Å². The molecule has 11 heavy (non-hydrogen) atoms. The van der Waals surface area contributed by atoms with Gasteiger partial charge in [-0.3, -0.25) is 0 Å². The molecule has 0 aliphatic rings. The predicted octanol–water partition coefficient (Wildman–Crippen LogP) is 1.70. The lowest BCUT2D eigenvalue weighted by Crippen LogP contribution is -1.77. The fourth-order valence-corrected chi connectivity index (χ4v) is 1.10. The van der Waals surface area contributed by atoms with Gasteiger partial charge in [-0.2, -0.15) is 0 Å². The molecule has 2 heterocycles. The summed E-state index contributed by atoms with van der Waals surface area (Å²) >= 11 is 0. The van der Waals surface area contributed by atoms with Crippen LogP contribution in [0.1, 0.15) is 12.6 Å². The summed E-state index contributed by atoms with van der Waals surface area (Å²) < 4.78 is 2.01. The Hall–Kier alpha value is -1.31. The number of aromatic nitrogens is 2. The van der Waals surface area contributed by atoms with Crippen LogP contribution in [-0.4, -0.2) is 9.38 Å². The largest absolute Gasteiger partial charge is 0.307 e. The maximum Gasteiger partial charge on any atom is 0.137 e. The van der Waals surface area contributed by atoms with Crippen molar-refractivity contribution < 1.29 is 0 Å². The summed E-state index contributed by atoms with van der Waals surface area (Å²) in [5, 5.41) is 0. The standard InChI is InChI=1S/C9H9N2/c1-2-8-7-11-6-4-3-5-9(11)10-8/h4-7H,2H2,1H3. The van der Waals surface area contributed by atoms with E-state index in [0.29, 0.717) is 0 Å². The van der Waals surface area contributed by atoms with E-state index >= 15 is 0 Å². The van der Waals surface area contributed by atoms with Crippen LogP contribution in [0.5, 0.6) is 0 Å². The Morgan fingerprint density at radius 1 is 1.64 bits per heavy atom. The SMILES string of the molecule is CCc1cn2cc[c]cc2n1. The van der Waals surface area contributed by atoms with Gasteiger partial charge in [0.2, 0.25) is 0 Å². The van der Waals surface area contributed by atoms with Crippen LogP contribution < -0.4 is 0 Å². The van der Waals surface area contributed by atoms with Gasteiger partial charge in [0.05, 0.1) is 5.69 Å². The number of nitrogens with zero attached hydrogens (tertiary/aromatic N) is 2. The van der Waals surface area contributed by atoms with Crippen molar-refractivity contribution in [3.63, 3.8) is 0 Å². The van der Waals surface area contributed by atoms with E-state index in [1.54, 1.807) is 0 Å². The minimum absolute atomic E-state index is 0.976. The molecule has 0 unspecified atom stereocenters. The van der Waals surface area contributed by atoms with Crippen molar-refractivity contribution in [3.8, 4) is 0 Å². The highest BCUT2D eigenvalue weighted by molar-refractivity contribution is 5.38. The molecule has 2 rings (SSSR count). The van der Waals surface area contributed by atoms with Crippen LogP contribution in [0.4, 0.5) is 0 Å². The first kappa shape index (κ1) is 6.40. The third kappa shape index (κ3) is 1.00. The van der Waals surface area contributed by atoms with Crippen LogP contribution in [0, 0.1) is 6.07 Å². The highest BCUT2D eigenvalue weighted by atomic mass is 15.0. The first-order valence-corrected chi connectivity index (χ1v) is 3.74. The van der Waals surface area contributed by atoms with Gasteiger partial charge in [0.25, 0.3) is 0 Å². The Bertz CT molecular complexity index is 329. The molecule has 0 bridgehead atoms. The van der Waals surface area contributed by atoms with Crippen LogP contribution in [0.15, 0.2) is 24.5 Å². The van der Waals surface area contributed by atoms with Gasteiger partial charge in [-0.05, 0) is 24.6 Å². The van der Waals surface area contributed by atoms with E-state index in [1.807, 2.05) is 28.9 Å². The molecule has 2 nitrogen and oxygen atoms in total. The van der Waals surface area contributed by atoms with Gasteiger partial charge in [0.1, 0.15) is 5.65 Å². The summed E-state index contributed by atoms with van der Waals surface area (Å²) in [6.45, 7) is 2.10. The zero-order chi connectivity index (χ0) is 7.68. The van der Waals surface area contributed by atoms with Crippen molar-refractivity contribution in [1.29, 1.82) is 0 Å². The van der Waals surface area contributed by atoms with E-state index in [1.165, 1.54) is 0 Å². The summed E-state index contributed by atoms with van der Waals surface area (Å²) in [4.78, 5) is 4.36. The van der Waals surface area contributed by atoms with Crippen molar-refractivity contribution in [1.82, 2.24) is 9.38 Å². The Morgan fingerprint density at radius 3 is 3.27 bits per heavy atom. The molecule has 0 spiro atoms. The first-order valence-electron chi connectivity index (χ1n) is 3.74. The molecule has 0 saturated carbocycles. The molecule has 0 N–H and O–H groups in total. The number of aryl methyl sites for hydroxylation is 1. The molecule has 55 valence electrons. The Kier molecular flexibility index (Phi) is 1.39. The third-order valence-electron chi connectivity index (χ3n) is 1.72. The Morgan fingerprint density at radius 2 is 2.55 bits per heavy atom. The summed E-state index contributed by atoms with van der Waals surface area (Å²) in [6.07, 6.45) is 4.99. The molecule has 0 atom stereocenters. The summed E-state index contributed by atoms with van der Waals surface area (Å²) in [7, 11) is 0. The molecular formula is C9H9N2. The van der Waals surface area contributed by atoms with Crippen LogP contribution >= 0.6 is 0 Å². The minimum Gasteiger partial charge on any atom is -0.307 e. The zero-order valence-corrected chi connectivity index (χ0v) is 6.41. The zero-order valence-electron chi connectivity index (χ0n) is 6.41. The quantitative estimate of drug-likeness (QED) is 0.597. The predicted molar refractivity (Wildman–Crippen MR) is 43.4 cm³/mol. The molecule has 0 saturated heterocycles. The highest BCUT2D eigenvalue weighted by Gasteiger charge is 1.95. The van der Waals surface area contributed by atoms with Gasteiger partial charge in [0.15, 0.2) is 0 Å². The second-order valence-corrected chi connectivity index (χ2v) is 2.48. The number of imidazole rings is 1. The van der Waals surface area contributed by atoms with Gasteiger partial charge in [-0.25, -0.2) is 4.98 Å². The fraction of sp³-hybridized carbons (Fsp3) is 0.222. The average Bonchev–Trinajstić information content (AvgIpc) is 2.46. The minimum atomic E-state index is 0.976. The normalized spacial score (nSPS) is 10.6. The topological polar surface area (TPSA) is 17.3 Å². The Balaban J connectivity index is 2.69. The lowest BCUT2D eigenvalue weighted by molar-refractivity contribution is 1.07. The number of rotatable bonds is 1. The lowest BCUT2D eigenvalue weighted by Gasteiger charge is -1.86. The van der Waals surface area contributed by atoms with E-state index in [0.717, 1.165) is 17.8 Å². The lowest BCUT2D eigenvalue weighted by atomic mass is 10.4. The third-order valence-corrected chi connectivity index (χ3v) is 1.72. The average molecular weight is 145 g/mol. The number of pyridine rings is 1. The molecule has 0 aliphatic carbocycles. The summed E-state index contributed by atoms with van der Waals surface area (Å²) in [5.74, 6) is 0. The molecule has 2 heteroatoms. The molecule has 0 amide bonds. The second-order valence-electron chi connectivity index (χ2n) is 2.48. The van der Waals surface area contributed by atoms with Crippen LogP contribution in [-0.2, 0) is 6.42 Å². The van der Waals surface area contributed by atoms with E-state index in [9.17, 15) is 0 Å². The van der Waals surface area contributed by atoms with Gasteiger partial charge in [-0.1, -0.05) is 6.92 Å². The monoisotopic (exact) mass is 145 g/mol. The van der Waals surface area contributed by atoms with E-state index in [4.69, 9.17) is 0 Å². The molecule has 2 aromatic heterocycles. The van der Waals surface area contributed by atoms with Crippen LogP contribution in [0.2, 0.25) is 0 Å². The second kappa shape index (κ2) is 2.38. The molecule has 0 aromatic carbocycles. The highest BCUT2D eigenvalue weighted by Crippen LogP contribution is 2.03. The fourth-order valence-electron chi connectivity index (χ4n) is 1.10. The van der Waals surface area contributed by atoms with Crippen molar-refractivity contribution in [3.05, 3.63) is 36.3 Å². The maximum atomic E-state index is 4.36. The number of hydrogen-bond acceptors (Lipinski definition) is 1. The van der Waals surface area contributed by atoms with E-state index in [2.05, 4.69) is 18.0 Å². The maximum absolute atomic E-state index is 4.36. The van der Waals surface area contributed by atoms with E-state index < -0.39 is 0 Å². The Labute approximate surface area is 65.5 Å². The van der Waals surface area contributed by atoms with Gasteiger partial charge in [0, 0.05) is 12.4 Å². The van der Waals surface area contributed by atoms with Gasteiger partial charge in [-0.15, -0.1) is 0 Å². The molecule has 2 aromatic rings. The summed E-state index contributed by atoms with van der Waals surface area (Å²) in [6, 6.07) is 6.76. The van der Waals surface area contributed by atoms with Crippen molar-refractivity contribution in [2.24, 2.45) is 0 Å². The van der Waals surface area contributed by atoms with Crippen LogP contribution in [0.3, 0.4) is 0 Å². The smallest absolute Gasteiger partial charge is 0.137 e. The van der Waals surface area contributed by atoms with E-state index in [-0.39, 0.29) is 0 Å². The molecule has 0 fully saturated rings. The molecular weight excluding hydrogens is 136 g/mol.